The van der Waals surface area contributed by atoms with E-state index in [9.17, 15) is 5.11 Å². The van der Waals surface area contributed by atoms with Crippen LogP contribution in [-0.4, -0.2) is 21.3 Å². The molecule has 2 atom stereocenters. The van der Waals surface area contributed by atoms with E-state index in [2.05, 4.69) is 4.98 Å². The molecule has 0 bridgehead atoms. The van der Waals surface area contributed by atoms with Crippen LogP contribution in [-0.2, 0) is 0 Å². The van der Waals surface area contributed by atoms with Gasteiger partial charge in [-0.15, -0.1) is 0 Å². The van der Waals surface area contributed by atoms with Crippen molar-refractivity contribution in [2.24, 2.45) is 5.92 Å². The zero-order valence-electron chi connectivity index (χ0n) is 13.3. The third-order valence-corrected chi connectivity index (χ3v) is 4.20. The highest BCUT2D eigenvalue weighted by Crippen LogP contribution is 2.29. The van der Waals surface area contributed by atoms with Crippen LogP contribution in [0.25, 0.3) is 0 Å². The first kappa shape index (κ1) is 16.6. The zero-order chi connectivity index (χ0) is 16.9. The zero-order valence-corrected chi connectivity index (χ0v) is 14.1. The maximum Gasteiger partial charge on any atom is 0.127 e. The molecule has 0 saturated carbocycles. The van der Waals surface area contributed by atoms with Gasteiger partial charge >= 0.3 is 0 Å². The van der Waals surface area contributed by atoms with Crippen LogP contribution in [0.2, 0.25) is 5.02 Å². The Balaban J connectivity index is 1.80. The highest BCUT2D eigenvalue weighted by molar-refractivity contribution is 6.30. The lowest BCUT2D eigenvalue weighted by atomic mass is 9.95. The largest absolute Gasteiger partial charge is 0.457 e. The molecule has 3 rings (SSSR count). The summed E-state index contributed by atoms with van der Waals surface area (Å²) in [5.74, 6) is 1.56. The van der Waals surface area contributed by atoms with E-state index in [1.165, 1.54) is 0 Å². The van der Waals surface area contributed by atoms with Gasteiger partial charge in [-0.05, 0) is 42.0 Å². The van der Waals surface area contributed by atoms with Gasteiger partial charge in [0.05, 0.1) is 12.4 Å². The normalized spacial score (nSPS) is 13.5. The number of aliphatic hydroxyl groups is 1. The fourth-order valence-corrected chi connectivity index (χ4v) is 2.83. The summed E-state index contributed by atoms with van der Waals surface area (Å²) < 4.78 is 7.83. The van der Waals surface area contributed by atoms with Gasteiger partial charge in [0, 0.05) is 29.9 Å². The number of aliphatic hydroxyl groups excluding tert-OH is 1. The molecule has 0 radical (unpaired) electrons. The maximum absolute atomic E-state index is 9.57. The molecule has 5 heteroatoms. The van der Waals surface area contributed by atoms with Gasteiger partial charge in [-0.1, -0.05) is 30.7 Å². The third-order valence-electron chi connectivity index (χ3n) is 3.94. The van der Waals surface area contributed by atoms with E-state index in [1.807, 2.05) is 54.1 Å². The number of hydrogen-bond donors (Lipinski definition) is 1. The van der Waals surface area contributed by atoms with Crippen LogP contribution in [0.5, 0.6) is 11.5 Å². The van der Waals surface area contributed by atoms with Crippen molar-refractivity contribution in [2.45, 2.75) is 13.0 Å². The number of benzene rings is 2. The molecule has 4 nitrogen and oxygen atoms in total. The van der Waals surface area contributed by atoms with Crippen LogP contribution in [0.15, 0.2) is 67.3 Å². The molecule has 124 valence electrons. The molecule has 1 N–H and O–H groups in total. The molecule has 1 heterocycles. The molecule has 0 fully saturated rings. The lowest BCUT2D eigenvalue weighted by molar-refractivity contribution is 0.205. The molecule has 0 aliphatic rings. The average Bonchev–Trinajstić information content (AvgIpc) is 3.12. The number of hydrogen-bond acceptors (Lipinski definition) is 3. The van der Waals surface area contributed by atoms with Gasteiger partial charge in [-0.3, -0.25) is 0 Å². The van der Waals surface area contributed by atoms with E-state index in [0.29, 0.717) is 5.02 Å². The standard InChI is InChI=1S/C19H19ClN2O2/c1-14(12-23)19(22-11-10-21-13-22)15-2-6-17(7-3-15)24-18-8-4-16(20)5-9-18/h2-11,13-14,19,23H,12H2,1H3. The minimum Gasteiger partial charge on any atom is -0.457 e. The number of ether oxygens (including phenoxy) is 1. The Bertz CT molecular complexity index is 755. The number of nitrogens with zero attached hydrogens (tertiary/aromatic N) is 2. The second-order valence-electron chi connectivity index (χ2n) is 5.74. The first-order valence-electron chi connectivity index (χ1n) is 7.79. The molecule has 0 saturated heterocycles. The SMILES string of the molecule is CC(CO)C(c1ccc(Oc2ccc(Cl)cc2)cc1)n1ccnc1. The Hall–Kier alpha value is -2.30. The molecule has 0 amide bonds. The van der Waals surface area contributed by atoms with E-state index in [4.69, 9.17) is 16.3 Å². The first-order chi connectivity index (χ1) is 11.7. The average molecular weight is 343 g/mol. The molecule has 2 aromatic carbocycles. The van der Waals surface area contributed by atoms with E-state index in [-0.39, 0.29) is 18.6 Å². The number of aromatic nitrogens is 2. The monoisotopic (exact) mass is 342 g/mol. The Morgan fingerprint density at radius 2 is 1.71 bits per heavy atom. The van der Waals surface area contributed by atoms with Crippen LogP contribution in [0.3, 0.4) is 0 Å². The van der Waals surface area contributed by atoms with Crippen molar-refractivity contribution in [2.75, 3.05) is 6.61 Å². The molecular weight excluding hydrogens is 324 g/mol. The van der Waals surface area contributed by atoms with Crippen LogP contribution in [0.4, 0.5) is 0 Å². The Morgan fingerprint density at radius 3 is 2.25 bits per heavy atom. The van der Waals surface area contributed by atoms with Gasteiger partial charge in [-0.2, -0.15) is 0 Å². The predicted octanol–water partition coefficient (Wildman–Crippen LogP) is 4.55. The quantitative estimate of drug-likeness (QED) is 0.715. The minimum atomic E-state index is 0.0297. The molecule has 24 heavy (non-hydrogen) atoms. The van der Waals surface area contributed by atoms with Crippen molar-refractivity contribution in [3.8, 4) is 11.5 Å². The summed E-state index contributed by atoms with van der Waals surface area (Å²) in [6, 6.07) is 15.2. The van der Waals surface area contributed by atoms with Gasteiger partial charge in [-0.25, -0.2) is 4.98 Å². The van der Waals surface area contributed by atoms with Crippen molar-refractivity contribution in [1.29, 1.82) is 0 Å². The van der Waals surface area contributed by atoms with Crippen molar-refractivity contribution in [3.63, 3.8) is 0 Å². The number of rotatable bonds is 6. The highest BCUT2D eigenvalue weighted by atomic mass is 35.5. The number of halogens is 1. The minimum absolute atomic E-state index is 0.0297. The van der Waals surface area contributed by atoms with Gasteiger partial charge in [0.2, 0.25) is 0 Å². The van der Waals surface area contributed by atoms with Crippen LogP contribution < -0.4 is 4.74 Å². The topological polar surface area (TPSA) is 47.3 Å². The molecule has 0 spiro atoms. The highest BCUT2D eigenvalue weighted by Gasteiger charge is 2.20. The Labute approximate surface area is 146 Å². The second-order valence-corrected chi connectivity index (χ2v) is 6.18. The van der Waals surface area contributed by atoms with E-state index >= 15 is 0 Å². The van der Waals surface area contributed by atoms with E-state index in [1.54, 1.807) is 24.7 Å². The second kappa shape index (κ2) is 7.51. The summed E-state index contributed by atoms with van der Waals surface area (Å²) >= 11 is 5.88. The van der Waals surface area contributed by atoms with Crippen molar-refractivity contribution in [1.82, 2.24) is 9.55 Å². The summed E-state index contributed by atoms with van der Waals surface area (Å²) in [6.45, 7) is 2.12. The third kappa shape index (κ3) is 3.78. The summed E-state index contributed by atoms with van der Waals surface area (Å²) in [7, 11) is 0. The lowest BCUT2D eigenvalue weighted by Gasteiger charge is -2.24. The molecule has 1 aromatic heterocycles. The summed E-state index contributed by atoms with van der Waals surface area (Å²) in [5, 5.41) is 10.2. The molecule has 0 aliphatic carbocycles. The van der Waals surface area contributed by atoms with E-state index in [0.717, 1.165) is 17.1 Å². The Kier molecular flexibility index (Phi) is 5.18. The van der Waals surface area contributed by atoms with Gasteiger partial charge in [0.1, 0.15) is 11.5 Å². The molecule has 3 aromatic rings. The Morgan fingerprint density at radius 1 is 1.08 bits per heavy atom. The van der Waals surface area contributed by atoms with Crippen molar-refractivity contribution >= 4 is 11.6 Å². The van der Waals surface area contributed by atoms with Gasteiger partial charge in [0.15, 0.2) is 0 Å². The first-order valence-corrected chi connectivity index (χ1v) is 8.17. The van der Waals surface area contributed by atoms with Gasteiger partial charge < -0.3 is 14.4 Å². The summed E-state index contributed by atoms with van der Waals surface area (Å²) in [5.41, 5.74) is 1.10. The maximum atomic E-state index is 9.57. The van der Waals surface area contributed by atoms with E-state index < -0.39 is 0 Å². The number of imidazole rings is 1. The smallest absolute Gasteiger partial charge is 0.127 e. The predicted molar refractivity (Wildman–Crippen MR) is 94.6 cm³/mol. The van der Waals surface area contributed by atoms with Gasteiger partial charge in [0.25, 0.3) is 0 Å². The van der Waals surface area contributed by atoms with Crippen LogP contribution >= 0.6 is 11.6 Å². The molecule has 2 unspecified atom stereocenters. The molecular formula is C19H19ClN2O2. The fraction of sp³-hybridized carbons (Fsp3) is 0.211. The lowest BCUT2D eigenvalue weighted by Crippen LogP contribution is -2.20. The fourth-order valence-electron chi connectivity index (χ4n) is 2.70. The van der Waals surface area contributed by atoms with Crippen molar-refractivity contribution in [3.05, 3.63) is 77.8 Å². The van der Waals surface area contributed by atoms with Crippen LogP contribution in [0, 0.1) is 5.92 Å². The molecule has 0 aliphatic heterocycles. The summed E-state index contributed by atoms with van der Waals surface area (Å²) in [6.07, 6.45) is 5.43. The van der Waals surface area contributed by atoms with Crippen LogP contribution in [0.1, 0.15) is 18.5 Å². The summed E-state index contributed by atoms with van der Waals surface area (Å²) in [4.78, 5) is 4.11. The van der Waals surface area contributed by atoms with Crippen molar-refractivity contribution < 1.29 is 9.84 Å².